The maximum absolute atomic E-state index is 13.4. The fourth-order valence-corrected chi connectivity index (χ4v) is 6.57. The van der Waals surface area contributed by atoms with Gasteiger partial charge < -0.3 is 30.6 Å². The quantitative estimate of drug-likeness (QED) is 0.128. The van der Waals surface area contributed by atoms with E-state index in [0.29, 0.717) is 0 Å². The van der Waals surface area contributed by atoms with Crippen molar-refractivity contribution in [3.8, 4) is 0 Å². The summed E-state index contributed by atoms with van der Waals surface area (Å²) in [7, 11) is 0. The number of aromatic nitrogens is 1. The number of nitrogen functional groups attached to an aromatic ring is 1. The van der Waals surface area contributed by atoms with Gasteiger partial charge in [0.2, 0.25) is 5.91 Å². The molecule has 4 rings (SSSR count). The van der Waals surface area contributed by atoms with E-state index in [9.17, 15) is 24.3 Å². The fraction of sp³-hybridized carbons (Fsp3) is 0.318. The minimum Gasteiger partial charge on any atom is -0.549 e. The van der Waals surface area contributed by atoms with Gasteiger partial charge >= 0.3 is 35.5 Å². The number of halogens is 3. The van der Waals surface area contributed by atoms with Gasteiger partial charge in [0, 0.05) is 35.2 Å². The molecule has 3 heterocycles. The topological polar surface area (TPSA) is 155 Å². The van der Waals surface area contributed by atoms with Gasteiger partial charge in [0.25, 0.3) is 5.91 Å². The number of anilines is 1. The third-order valence-corrected chi connectivity index (χ3v) is 9.24. The van der Waals surface area contributed by atoms with Crippen molar-refractivity contribution in [2.24, 2.45) is 5.41 Å². The first-order valence-electron chi connectivity index (χ1n) is 10.6. The van der Waals surface area contributed by atoms with Crippen LogP contribution in [0.15, 0.2) is 17.5 Å². The molecule has 2 aromatic rings. The summed E-state index contributed by atoms with van der Waals surface area (Å²) in [4.78, 5) is 54.8. The van der Waals surface area contributed by atoms with Crippen LogP contribution >= 0.6 is 57.9 Å². The van der Waals surface area contributed by atoms with Crippen LogP contribution in [0, 0.1) is 5.41 Å². The summed E-state index contributed by atoms with van der Waals surface area (Å²) in [5, 5.41) is 16.4. The third-order valence-electron chi connectivity index (χ3n) is 5.83. The number of ether oxygens (including phenoxy) is 1. The second kappa shape index (κ2) is 12.3. The van der Waals surface area contributed by atoms with Crippen LogP contribution in [-0.4, -0.2) is 64.0 Å². The zero-order chi connectivity index (χ0) is 27.1. The average Bonchev–Trinajstić information content (AvgIpc) is 3.28. The van der Waals surface area contributed by atoms with Gasteiger partial charge in [-0.25, -0.2) is 4.98 Å². The standard InChI is InChI=1S/C22H19Cl3N4O6S2.Na/c1-9(30)35-7-22(20(33)34)6-29-18(32)16(19(29)37-8-22)28-17(31)11(14-5-36-21(26)27-14)4-10-12(23)2-3-13(24)15(10)25;/h2-5,16,19H,6-8H2,1H3,(H2,26,27)(H,28,31)(H,33,34);/q;+1/p-1/t16?,19-,22?;/m1./s1. The molecular weight excluding hydrogens is 610 g/mol. The molecule has 2 fully saturated rings. The Morgan fingerprint density at radius 2 is 2.00 bits per heavy atom. The number of carboxylic acids is 1. The van der Waals surface area contributed by atoms with E-state index in [0.717, 1.165) is 30.0 Å². The number of carbonyl (C=O) groups excluding carboxylic acids is 4. The van der Waals surface area contributed by atoms with Gasteiger partial charge in [0.1, 0.15) is 18.0 Å². The molecule has 3 N–H and O–H groups in total. The number of aliphatic carboxylic acids is 1. The van der Waals surface area contributed by atoms with Crippen molar-refractivity contribution in [2.45, 2.75) is 18.3 Å². The fourth-order valence-electron chi connectivity index (χ4n) is 3.84. The van der Waals surface area contributed by atoms with Gasteiger partial charge in [0.15, 0.2) is 5.13 Å². The Labute approximate surface area is 262 Å². The number of nitrogens with one attached hydrogen (secondary N) is 1. The Morgan fingerprint density at radius 3 is 2.61 bits per heavy atom. The zero-order valence-electron chi connectivity index (χ0n) is 20.0. The Hall–Kier alpha value is -1.51. The SMILES string of the molecule is CC(=O)OCC1(C(=O)[O-])CS[C@@H]2C(NC(=O)C(=Cc3c(Cl)ccc(Cl)c3Cl)c3csc(N)n3)C(=O)N2C1.[Na+]. The van der Waals surface area contributed by atoms with Crippen molar-refractivity contribution in [3.63, 3.8) is 0 Å². The number of β-lactam (4-membered cyclic amide) rings is 1. The molecule has 0 radical (unpaired) electrons. The predicted octanol–water partition coefficient (Wildman–Crippen LogP) is -1.07. The maximum Gasteiger partial charge on any atom is 1.00 e. The molecule has 0 bridgehead atoms. The largest absolute Gasteiger partial charge is 1.00 e. The van der Waals surface area contributed by atoms with Crippen LogP contribution in [0.25, 0.3) is 11.6 Å². The van der Waals surface area contributed by atoms with Gasteiger partial charge in [-0.2, -0.15) is 0 Å². The summed E-state index contributed by atoms with van der Waals surface area (Å²) in [5.74, 6) is -3.19. The van der Waals surface area contributed by atoms with Crippen molar-refractivity contribution in [1.29, 1.82) is 0 Å². The van der Waals surface area contributed by atoms with Crippen molar-refractivity contribution < 1.29 is 58.6 Å². The summed E-state index contributed by atoms with van der Waals surface area (Å²) >= 11 is 21.0. The van der Waals surface area contributed by atoms with E-state index >= 15 is 0 Å². The molecule has 0 aliphatic carbocycles. The zero-order valence-corrected chi connectivity index (χ0v) is 25.9. The third kappa shape index (κ3) is 6.12. The second-order valence-electron chi connectivity index (χ2n) is 8.35. The van der Waals surface area contributed by atoms with Gasteiger partial charge in [-0.15, -0.1) is 23.1 Å². The smallest absolute Gasteiger partial charge is 0.549 e. The molecule has 196 valence electrons. The van der Waals surface area contributed by atoms with Gasteiger partial charge in [-0.3, -0.25) is 14.4 Å². The number of carboxylic acid groups (broad SMARTS) is 1. The second-order valence-corrected chi connectivity index (χ2v) is 11.5. The summed E-state index contributed by atoms with van der Waals surface area (Å²) < 4.78 is 4.91. The Morgan fingerprint density at radius 1 is 1.32 bits per heavy atom. The molecule has 2 saturated heterocycles. The number of nitrogens with two attached hydrogens (primary N) is 1. The predicted molar refractivity (Wildman–Crippen MR) is 140 cm³/mol. The minimum atomic E-state index is -1.55. The van der Waals surface area contributed by atoms with Crippen LogP contribution in [-0.2, 0) is 23.9 Å². The van der Waals surface area contributed by atoms with Crippen molar-refractivity contribution in [2.75, 3.05) is 24.6 Å². The Balaban J connectivity index is 0.00000400. The summed E-state index contributed by atoms with van der Waals surface area (Å²) in [5.41, 5.74) is 4.78. The number of benzene rings is 1. The molecule has 1 aromatic carbocycles. The maximum atomic E-state index is 13.4. The van der Waals surface area contributed by atoms with Crippen LogP contribution in [0.5, 0.6) is 0 Å². The van der Waals surface area contributed by atoms with E-state index in [1.807, 2.05) is 0 Å². The number of esters is 1. The average molecular weight is 628 g/mol. The molecule has 10 nitrogen and oxygen atoms in total. The summed E-state index contributed by atoms with van der Waals surface area (Å²) in [6.07, 6.45) is 1.41. The summed E-state index contributed by atoms with van der Waals surface area (Å²) in [6, 6.07) is 2.11. The number of rotatable bonds is 7. The van der Waals surface area contributed by atoms with E-state index < -0.39 is 47.2 Å². The number of thioether (sulfide) groups is 1. The van der Waals surface area contributed by atoms with Gasteiger partial charge in [-0.05, 0) is 18.2 Å². The van der Waals surface area contributed by atoms with Gasteiger partial charge in [-0.1, -0.05) is 34.8 Å². The monoisotopic (exact) mass is 626 g/mol. The molecule has 16 heteroatoms. The molecule has 0 saturated carbocycles. The molecule has 1 aromatic heterocycles. The van der Waals surface area contributed by atoms with Crippen LogP contribution in [0.2, 0.25) is 15.1 Å². The molecular formula is C22H18Cl3N4NaO6S2. The molecule has 2 amide bonds. The van der Waals surface area contributed by atoms with Crippen molar-refractivity contribution >= 4 is 98.4 Å². The first-order chi connectivity index (χ1) is 17.4. The number of thiazole rings is 1. The first-order valence-corrected chi connectivity index (χ1v) is 13.6. The minimum absolute atomic E-state index is 0. The van der Waals surface area contributed by atoms with E-state index in [1.165, 1.54) is 23.1 Å². The van der Waals surface area contributed by atoms with Gasteiger partial charge in [0.05, 0.1) is 32.7 Å². The van der Waals surface area contributed by atoms with E-state index in [4.69, 9.17) is 45.3 Å². The van der Waals surface area contributed by atoms with Crippen LogP contribution in [0.1, 0.15) is 18.2 Å². The van der Waals surface area contributed by atoms with Crippen LogP contribution < -0.4 is 45.7 Å². The molecule has 38 heavy (non-hydrogen) atoms. The van der Waals surface area contributed by atoms with E-state index in [1.54, 1.807) is 5.38 Å². The molecule has 2 aliphatic rings. The van der Waals surface area contributed by atoms with Crippen molar-refractivity contribution in [3.05, 3.63) is 43.8 Å². The first kappa shape index (κ1) is 31.0. The number of hydrogen-bond acceptors (Lipinski definition) is 10. The molecule has 2 aliphatic heterocycles. The molecule has 3 atom stereocenters. The van der Waals surface area contributed by atoms with Crippen LogP contribution in [0.4, 0.5) is 5.13 Å². The van der Waals surface area contributed by atoms with Crippen LogP contribution in [0.3, 0.4) is 0 Å². The van der Waals surface area contributed by atoms with E-state index in [-0.39, 0.29) is 78.9 Å². The number of carbonyl (C=O) groups is 4. The molecule has 2 unspecified atom stereocenters. The number of hydrogen-bond donors (Lipinski definition) is 2. The number of amides is 2. The number of fused-ring (bicyclic) bond motifs is 1. The number of nitrogens with zero attached hydrogens (tertiary/aromatic N) is 2. The normalized spacial score (nSPS) is 22.6. The Bertz CT molecular complexity index is 1340. The Kier molecular flexibility index (Phi) is 10.1. The molecule has 0 spiro atoms. The van der Waals surface area contributed by atoms with E-state index in [2.05, 4.69) is 10.3 Å². The summed E-state index contributed by atoms with van der Waals surface area (Å²) in [6.45, 7) is 0.516. The van der Waals surface area contributed by atoms with Crippen molar-refractivity contribution in [1.82, 2.24) is 15.2 Å².